The van der Waals surface area contributed by atoms with Crippen molar-refractivity contribution in [2.45, 2.75) is 20.3 Å². The van der Waals surface area contributed by atoms with Gasteiger partial charge in [-0.25, -0.2) is 4.39 Å². The summed E-state index contributed by atoms with van der Waals surface area (Å²) in [5.41, 5.74) is 3.58. The van der Waals surface area contributed by atoms with Crippen molar-refractivity contribution in [3.8, 4) is 0 Å². The largest absolute Gasteiger partial charge is 0.294 e. The molecule has 0 amide bonds. The summed E-state index contributed by atoms with van der Waals surface area (Å²) in [6.07, 6.45) is 0.195. The first-order valence-corrected chi connectivity index (χ1v) is 6.81. The molecule has 0 heterocycles. The van der Waals surface area contributed by atoms with Crippen LogP contribution in [0.5, 0.6) is 0 Å². The summed E-state index contributed by atoms with van der Waals surface area (Å²) in [7, 11) is 0. The standard InChI is InChI=1S/C16H14BrFO/c1-10-3-4-12(7-11(10)2)16(19)9-13-8-14(18)5-6-15(13)17/h3-8H,9H2,1-2H3. The van der Waals surface area contributed by atoms with Crippen molar-refractivity contribution in [3.05, 3.63) is 68.9 Å². The number of carbonyl (C=O) groups is 1. The first kappa shape index (κ1) is 13.9. The molecule has 0 atom stereocenters. The first-order valence-electron chi connectivity index (χ1n) is 6.02. The SMILES string of the molecule is Cc1ccc(C(=O)Cc2cc(F)ccc2Br)cc1C. The number of rotatable bonds is 3. The highest BCUT2D eigenvalue weighted by molar-refractivity contribution is 9.10. The second kappa shape index (κ2) is 5.66. The number of hydrogen-bond acceptors (Lipinski definition) is 1. The van der Waals surface area contributed by atoms with Gasteiger partial charge in [0.15, 0.2) is 5.78 Å². The Kier molecular flexibility index (Phi) is 4.15. The minimum Gasteiger partial charge on any atom is -0.294 e. The molecule has 1 nitrogen and oxygen atoms in total. The Balaban J connectivity index is 2.25. The van der Waals surface area contributed by atoms with Crippen molar-refractivity contribution in [1.29, 1.82) is 0 Å². The number of carbonyl (C=O) groups excluding carboxylic acids is 1. The Morgan fingerprint density at radius 2 is 1.84 bits per heavy atom. The molecule has 98 valence electrons. The van der Waals surface area contributed by atoms with E-state index in [2.05, 4.69) is 15.9 Å². The van der Waals surface area contributed by atoms with Gasteiger partial charge >= 0.3 is 0 Å². The highest BCUT2D eigenvalue weighted by Crippen LogP contribution is 2.20. The molecule has 0 saturated carbocycles. The molecule has 0 spiro atoms. The average molecular weight is 321 g/mol. The summed E-state index contributed by atoms with van der Waals surface area (Å²) >= 11 is 3.34. The van der Waals surface area contributed by atoms with Crippen molar-refractivity contribution in [2.75, 3.05) is 0 Å². The lowest BCUT2D eigenvalue weighted by atomic mass is 9.99. The third kappa shape index (κ3) is 3.29. The van der Waals surface area contributed by atoms with E-state index >= 15 is 0 Å². The van der Waals surface area contributed by atoms with E-state index in [0.29, 0.717) is 11.1 Å². The number of hydrogen-bond donors (Lipinski definition) is 0. The smallest absolute Gasteiger partial charge is 0.167 e. The quantitative estimate of drug-likeness (QED) is 0.753. The molecule has 0 aromatic heterocycles. The maximum absolute atomic E-state index is 13.2. The van der Waals surface area contributed by atoms with Crippen LogP contribution in [0.2, 0.25) is 0 Å². The van der Waals surface area contributed by atoms with Crippen molar-refractivity contribution in [3.63, 3.8) is 0 Å². The van der Waals surface area contributed by atoms with Gasteiger partial charge in [-0.05, 0) is 54.8 Å². The molecule has 0 radical (unpaired) electrons. The molecule has 3 heteroatoms. The van der Waals surface area contributed by atoms with Crippen molar-refractivity contribution >= 4 is 21.7 Å². The van der Waals surface area contributed by atoms with Crippen LogP contribution in [0.15, 0.2) is 40.9 Å². The van der Waals surface area contributed by atoms with Gasteiger partial charge in [0, 0.05) is 16.5 Å². The predicted molar refractivity (Wildman–Crippen MR) is 78.1 cm³/mol. The molecule has 2 rings (SSSR count). The van der Waals surface area contributed by atoms with Crippen LogP contribution in [-0.2, 0) is 6.42 Å². The van der Waals surface area contributed by atoms with Crippen LogP contribution < -0.4 is 0 Å². The number of halogens is 2. The van der Waals surface area contributed by atoms with E-state index in [0.717, 1.165) is 15.6 Å². The topological polar surface area (TPSA) is 17.1 Å². The van der Waals surface area contributed by atoms with Crippen molar-refractivity contribution < 1.29 is 9.18 Å². The fourth-order valence-corrected chi connectivity index (χ4v) is 2.26. The van der Waals surface area contributed by atoms with Gasteiger partial charge in [0.2, 0.25) is 0 Å². The number of aryl methyl sites for hydroxylation is 2. The normalized spacial score (nSPS) is 10.5. The molecule has 0 aliphatic carbocycles. The molecule has 0 aliphatic heterocycles. The van der Waals surface area contributed by atoms with Gasteiger partial charge in [-0.1, -0.05) is 28.1 Å². The van der Waals surface area contributed by atoms with E-state index in [9.17, 15) is 9.18 Å². The molecule has 0 N–H and O–H groups in total. The summed E-state index contributed by atoms with van der Waals surface area (Å²) in [4.78, 5) is 12.2. The molecule has 0 bridgehead atoms. The highest BCUT2D eigenvalue weighted by Gasteiger charge is 2.11. The molecular weight excluding hydrogens is 307 g/mol. The maximum Gasteiger partial charge on any atom is 0.167 e. The zero-order chi connectivity index (χ0) is 14.0. The van der Waals surface area contributed by atoms with Gasteiger partial charge in [0.1, 0.15) is 5.82 Å². The lowest BCUT2D eigenvalue weighted by Gasteiger charge is -2.06. The summed E-state index contributed by atoms with van der Waals surface area (Å²) in [6, 6.07) is 10.0. The average Bonchev–Trinajstić information content (AvgIpc) is 2.37. The van der Waals surface area contributed by atoms with E-state index in [-0.39, 0.29) is 18.0 Å². The monoisotopic (exact) mass is 320 g/mol. The summed E-state index contributed by atoms with van der Waals surface area (Å²) in [5.74, 6) is -0.333. The van der Waals surface area contributed by atoms with Crippen LogP contribution >= 0.6 is 15.9 Å². The third-order valence-electron chi connectivity index (χ3n) is 3.19. The summed E-state index contributed by atoms with van der Waals surface area (Å²) in [6.45, 7) is 3.98. The lowest BCUT2D eigenvalue weighted by molar-refractivity contribution is 0.0992. The third-order valence-corrected chi connectivity index (χ3v) is 3.96. The number of Topliss-reactive ketones (excluding diaryl/α,β-unsaturated/α-hetero) is 1. The van der Waals surface area contributed by atoms with Gasteiger partial charge < -0.3 is 0 Å². The Labute approximate surface area is 120 Å². The van der Waals surface area contributed by atoms with E-state index in [1.165, 1.54) is 12.1 Å². The van der Waals surface area contributed by atoms with Crippen molar-refractivity contribution in [2.24, 2.45) is 0 Å². The van der Waals surface area contributed by atoms with Gasteiger partial charge in [-0.15, -0.1) is 0 Å². The maximum atomic E-state index is 13.2. The minimum absolute atomic E-state index is 0.00519. The fourth-order valence-electron chi connectivity index (χ4n) is 1.87. The molecule has 2 aromatic rings. The molecule has 0 aliphatic rings. The molecule has 0 unspecified atom stereocenters. The zero-order valence-electron chi connectivity index (χ0n) is 10.8. The zero-order valence-corrected chi connectivity index (χ0v) is 12.4. The molecule has 0 fully saturated rings. The van der Waals surface area contributed by atoms with Gasteiger partial charge in [-0.2, -0.15) is 0 Å². The number of ketones is 1. The van der Waals surface area contributed by atoms with Crippen LogP contribution in [0.3, 0.4) is 0 Å². The number of benzene rings is 2. The predicted octanol–water partition coefficient (Wildman–Crippen LogP) is 4.63. The Morgan fingerprint density at radius 1 is 1.11 bits per heavy atom. The summed E-state index contributed by atoms with van der Waals surface area (Å²) in [5, 5.41) is 0. The van der Waals surface area contributed by atoms with E-state index in [1.54, 1.807) is 6.07 Å². The van der Waals surface area contributed by atoms with Gasteiger partial charge in [0.05, 0.1) is 0 Å². The van der Waals surface area contributed by atoms with E-state index < -0.39 is 0 Å². The van der Waals surface area contributed by atoms with Crippen LogP contribution in [0.25, 0.3) is 0 Å². The van der Waals surface area contributed by atoms with Gasteiger partial charge in [0.25, 0.3) is 0 Å². The van der Waals surface area contributed by atoms with E-state index in [4.69, 9.17) is 0 Å². The molecule has 0 saturated heterocycles. The van der Waals surface area contributed by atoms with Crippen LogP contribution in [0.4, 0.5) is 4.39 Å². The lowest BCUT2D eigenvalue weighted by Crippen LogP contribution is -2.05. The molecule has 19 heavy (non-hydrogen) atoms. The second-order valence-electron chi connectivity index (χ2n) is 4.63. The summed E-state index contributed by atoms with van der Waals surface area (Å²) < 4.78 is 13.9. The Morgan fingerprint density at radius 3 is 2.53 bits per heavy atom. The minimum atomic E-state index is -0.328. The first-order chi connectivity index (χ1) is 8.97. The van der Waals surface area contributed by atoms with Gasteiger partial charge in [-0.3, -0.25) is 4.79 Å². The van der Waals surface area contributed by atoms with Crippen LogP contribution in [0.1, 0.15) is 27.0 Å². The highest BCUT2D eigenvalue weighted by atomic mass is 79.9. The Hall–Kier alpha value is -1.48. The molecule has 2 aromatic carbocycles. The van der Waals surface area contributed by atoms with Crippen LogP contribution in [-0.4, -0.2) is 5.78 Å². The van der Waals surface area contributed by atoms with Crippen LogP contribution in [0, 0.1) is 19.7 Å². The Bertz CT molecular complexity index is 635. The van der Waals surface area contributed by atoms with Crippen molar-refractivity contribution in [1.82, 2.24) is 0 Å². The second-order valence-corrected chi connectivity index (χ2v) is 5.49. The van der Waals surface area contributed by atoms with E-state index in [1.807, 2.05) is 32.0 Å². The molecular formula is C16H14BrFO. The fraction of sp³-hybridized carbons (Fsp3) is 0.188.